The molecular weight excluding hydrogens is 403 g/mol. The molecule has 1 saturated heterocycles. The first-order valence-corrected chi connectivity index (χ1v) is 9.66. The van der Waals surface area contributed by atoms with E-state index in [9.17, 15) is 14.0 Å². The predicted molar refractivity (Wildman–Crippen MR) is 113 cm³/mol. The molecule has 0 bridgehead atoms. The third kappa shape index (κ3) is 4.83. The molecule has 160 valence electrons. The Labute approximate surface area is 177 Å². The Kier molecular flexibility index (Phi) is 5.85. The number of hydrogen-bond acceptors (Lipinski definition) is 7. The quantitative estimate of drug-likeness (QED) is 0.569. The van der Waals surface area contributed by atoms with E-state index < -0.39 is 17.6 Å². The highest BCUT2D eigenvalue weighted by molar-refractivity contribution is 6.11. The van der Waals surface area contributed by atoms with Crippen molar-refractivity contribution in [1.29, 1.82) is 0 Å². The van der Waals surface area contributed by atoms with Crippen LogP contribution in [0.15, 0.2) is 43.0 Å². The van der Waals surface area contributed by atoms with Crippen molar-refractivity contribution in [2.45, 2.75) is 0 Å². The minimum atomic E-state index is -0.634. The summed E-state index contributed by atoms with van der Waals surface area (Å²) in [7, 11) is 2.09. The van der Waals surface area contributed by atoms with Gasteiger partial charge in [-0.25, -0.2) is 9.37 Å². The zero-order valence-electron chi connectivity index (χ0n) is 16.8. The molecule has 0 radical (unpaired) electrons. The number of amides is 2. The summed E-state index contributed by atoms with van der Waals surface area (Å²) in [4.78, 5) is 37.4. The van der Waals surface area contributed by atoms with Gasteiger partial charge in [-0.15, -0.1) is 0 Å². The van der Waals surface area contributed by atoms with Crippen LogP contribution in [0.4, 0.5) is 21.6 Å². The van der Waals surface area contributed by atoms with E-state index in [2.05, 4.69) is 47.6 Å². The number of nitrogens with one attached hydrogen (secondary N) is 3. The number of hydrogen-bond donors (Lipinski definition) is 3. The number of aromatic nitrogens is 4. The van der Waals surface area contributed by atoms with Crippen LogP contribution < -0.4 is 15.5 Å². The predicted octanol–water partition coefficient (Wildman–Crippen LogP) is 1.60. The number of rotatable bonds is 5. The van der Waals surface area contributed by atoms with Crippen LogP contribution in [0, 0.1) is 5.82 Å². The maximum Gasteiger partial charge on any atom is 0.278 e. The summed E-state index contributed by atoms with van der Waals surface area (Å²) in [6.45, 7) is 3.73. The van der Waals surface area contributed by atoms with E-state index in [4.69, 9.17) is 0 Å². The van der Waals surface area contributed by atoms with Crippen molar-refractivity contribution in [3.8, 4) is 0 Å². The van der Waals surface area contributed by atoms with Crippen molar-refractivity contribution in [2.75, 3.05) is 48.8 Å². The van der Waals surface area contributed by atoms with Gasteiger partial charge in [-0.1, -0.05) is 0 Å². The van der Waals surface area contributed by atoms with Crippen LogP contribution in [0.1, 0.15) is 20.8 Å². The molecule has 1 aliphatic heterocycles. The van der Waals surface area contributed by atoms with Crippen molar-refractivity contribution < 1.29 is 14.0 Å². The lowest BCUT2D eigenvalue weighted by atomic mass is 10.2. The molecule has 31 heavy (non-hydrogen) atoms. The van der Waals surface area contributed by atoms with Crippen molar-refractivity contribution >= 4 is 29.0 Å². The van der Waals surface area contributed by atoms with E-state index in [-0.39, 0.29) is 16.9 Å². The first-order valence-electron chi connectivity index (χ1n) is 9.66. The Morgan fingerprint density at radius 3 is 2.58 bits per heavy atom. The van der Waals surface area contributed by atoms with Gasteiger partial charge in [-0.05, 0) is 25.2 Å². The number of H-pyrrole nitrogens is 1. The molecule has 2 amide bonds. The van der Waals surface area contributed by atoms with Crippen LogP contribution in [-0.4, -0.2) is 70.1 Å². The number of halogens is 1. The van der Waals surface area contributed by atoms with Crippen LogP contribution in [0.2, 0.25) is 0 Å². The molecule has 0 saturated carbocycles. The summed E-state index contributed by atoms with van der Waals surface area (Å²) in [6.07, 6.45) is 5.17. The zero-order valence-corrected chi connectivity index (χ0v) is 16.8. The van der Waals surface area contributed by atoms with Gasteiger partial charge in [0.15, 0.2) is 5.69 Å². The van der Waals surface area contributed by atoms with Gasteiger partial charge in [-0.2, -0.15) is 5.10 Å². The lowest BCUT2D eigenvalue weighted by molar-refractivity contribution is 0.102. The average Bonchev–Trinajstić information content (AvgIpc) is 3.23. The van der Waals surface area contributed by atoms with Crippen LogP contribution in [-0.2, 0) is 0 Å². The van der Waals surface area contributed by atoms with Crippen LogP contribution >= 0.6 is 0 Å². The van der Waals surface area contributed by atoms with E-state index in [0.717, 1.165) is 44.3 Å². The molecule has 0 spiro atoms. The minimum absolute atomic E-state index is 0.0131. The monoisotopic (exact) mass is 424 g/mol. The third-order valence-corrected chi connectivity index (χ3v) is 4.90. The molecule has 4 rings (SSSR count). The van der Waals surface area contributed by atoms with E-state index in [1.165, 1.54) is 12.4 Å². The molecule has 1 fully saturated rings. The summed E-state index contributed by atoms with van der Waals surface area (Å²) < 4.78 is 13.3. The Bertz CT molecular complexity index is 1080. The molecule has 0 aromatic carbocycles. The maximum atomic E-state index is 13.3. The second-order valence-electron chi connectivity index (χ2n) is 7.14. The van der Waals surface area contributed by atoms with E-state index in [0.29, 0.717) is 5.69 Å². The highest BCUT2D eigenvalue weighted by atomic mass is 19.1. The fourth-order valence-corrected chi connectivity index (χ4v) is 3.16. The lowest BCUT2D eigenvalue weighted by Crippen LogP contribution is -2.44. The molecule has 0 unspecified atom stereocenters. The third-order valence-electron chi connectivity index (χ3n) is 4.90. The van der Waals surface area contributed by atoms with Gasteiger partial charge in [0.1, 0.15) is 11.6 Å². The molecule has 11 heteroatoms. The molecule has 3 aromatic rings. The minimum Gasteiger partial charge on any atom is -0.354 e. The normalized spacial score (nSPS) is 14.3. The highest BCUT2D eigenvalue weighted by Gasteiger charge is 2.19. The lowest BCUT2D eigenvalue weighted by Gasteiger charge is -2.33. The molecular formula is C20H21FN8O2. The van der Waals surface area contributed by atoms with Gasteiger partial charge in [0.05, 0.1) is 29.3 Å². The Balaban J connectivity index is 1.40. The molecule has 0 aliphatic carbocycles. The Morgan fingerprint density at radius 2 is 1.87 bits per heavy atom. The van der Waals surface area contributed by atoms with Gasteiger partial charge < -0.3 is 20.4 Å². The zero-order chi connectivity index (χ0) is 21.8. The number of nitrogens with zero attached hydrogens (tertiary/aromatic N) is 5. The number of anilines is 3. The number of aromatic amines is 1. The summed E-state index contributed by atoms with van der Waals surface area (Å²) in [6, 6.07) is 4.67. The Morgan fingerprint density at radius 1 is 1.06 bits per heavy atom. The molecule has 1 aliphatic rings. The molecule has 4 heterocycles. The maximum absolute atomic E-state index is 13.3. The van der Waals surface area contributed by atoms with Crippen LogP contribution in [0.5, 0.6) is 0 Å². The summed E-state index contributed by atoms with van der Waals surface area (Å²) in [5.74, 6) is -0.920. The fourth-order valence-electron chi connectivity index (χ4n) is 3.16. The second kappa shape index (κ2) is 8.88. The largest absolute Gasteiger partial charge is 0.354 e. The van der Waals surface area contributed by atoms with Gasteiger partial charge in [0.25, 0.3) is 11.8 Å². The number of pyridine rings is 2. The molecule has 3 N–H and O–H groups in total. The first-order chi connectivity index (χ1) is 15.0. The topological polar surface area (TPSA) is 119 Å². The summed E-state index contributed by atoms with van der Waals surface area (Å²) in [5, 5.41) is 11.7. The van der Waals surface area contributed by atoms with Gasteiger partial charge in [0.2, 0.25) is 0 Å². The van der Waals surface area contributed by atoms with Crippen LogP contribution in [0.3, 0.4) is 0 Å². The fraction of sp³-hybridized carbons (Fsp3) is 0.250. The molecule has 3 aromatic heterocycles. The van der Waals surface area contributed by atoms with Crippen molar-refractivity contribution in [3.05, 3.63) is 60.1 Å². The highest BCUT2D eigenvalue weighted by Crippen LogP contribution is 2.18. The number of carbonyl (C=O) groups is 2. The molecule has 0 atom stereocenters. The summed E-state index contributed by atoms with van der Waals surface area (Å²) >= 11 is 0. The SMILES string of the molecule is CN1CCN(c2ccc(NC(=O)c3n[nH]cc3NC(=O)c3cncc(F)c3)cn2)CC1. The first kappa shape index (κ1) is 20.4. The second-order valence-corrected chi connectivity index (χ2v) is 7.14. The summed E-state index contributed by atoms with van der Waals surface area (Å²) in [5.41, 5.74) is 0.670. The van der Waals surface area contributed by atoms with E-state index in [1.54, 1.807) is 12.3 Å². The van der Waals surface area contributed by atoms with Gasteiger partial charge in [-0.3, -0.25) is 19.7 Å². The van der Waals surface area contributed by atoms with Crippen molar-refractivity contribution in [1.82, 2.24) is 25.1 Å². The number of likely N-dealkylation sites (N-methyl/N-ethyl adjacent to an activating group) is 1. The standard InChI is InChI=1S/C20H21FN8O2/c1-28-4-6-29(7-5-28)17-3-2-15(11-23-17)25-20(31)18-16(12-24-27-18)26-19(30)13-8-14(21)10-22-9-13/h2-3,8-12H,4-7H2,1H3,(H,24,27)(H,25,31)(H,26,30). The van der Waals surface area contributed by atoms with Crippen LogP contribution in [0.25, 0.3) is 0 Å². The van der Waals surface area contributed by atoms with E-state index >= 15 is 0 Å². The Hall–Kier alpha value is -3.86. The van der Waals surface area contributed by atoms with Crippen molar-refractivity contribution in [2.24, 2.45) is 0 Å². The number of carbonyl (C=O) groups excluding carboxylic acids is 2. The molecule has 10 nitrogen and oxygen atoms in total. The average molecular weight is 424 g/mol. The van der Waals surface area contributed by atoms with E-state index in [1.807, 2.05) is 6.07 Å². The smallest absolute Gasteiger partial charge is 0.278 e. The van der Waals surface area contributed by atoms with Crippen molar-refractivity contribution in [3.63, 3.8) is 0 Å². The van der Waals surface area contributed by atoms with Gasteiger partial charge >= 0.3 is 0 Å². The van der Waals surface area contributed by atoms with Gasteiger partial charge in [0, 0.05) is 38.6 Å². The number of piperazine rings is 1.